The van der Waals surface area contributed by atoms with E-state index in [0.29, 0.717) is 0 Å². The van der Waals surface area contributed by atoms with E-state index in [-0.39, 0.29) is 18.3 Å². The smallest absolute Gasteiger partial charge is 0.328 e. The van der Waals surface area contributed by atoms with Gasteiger partial charge < -0.3 is 15.2 Å². The lowest BCUT2D eigenvalue weighted by Crippen LogP contribution is -2.44. The molecule has 5 nitrogen and oxygen atoms in total. The SMILES string of the molecule is COCC(NC(=O)CSc1ccc(Br)cc1C)C(=O)O. The second-order valence-corrected chi connectivity index (χ2v) is 6.05. The highest BCUT2D eigenvalue weighted by Gasteiger charge is 2.19. The Hall–Kier alpha value is -1.05. The number of hydrogen-bond donors (Lipinski definition) is 2. The second kappa shape index (κ2) is 8.28. The van der Waals surface area contributed by atoms with Crippen LogP contribution in [0.5, 0.6) is 0 Å². The van der Waals surface area contributed by atoms with Gasteiger partial charge in [0.1, 0.15) is 0 Å². The van der Waals surface area contributed by atoms with Gasteiger partial charge >= 0.3 is 5.97 Å². The first-order valence-electron chi connectivity index (χ1n) is 5.84. The van der Waals surface area contributed by atoms with Gasteiger partial charge in [-0.3, -0.25) is 4.79 Å². The van der Waals surface area contributed by atoms with Gasteiger partial charge in [-0.1, -0.05) is 15.9 Å². The van der Waals surface area contributed by atoms with E-state index in [1.54, 1.807) is 0 Å². The molecule has 1 unspecified atom stereocenters. The minimum absolute atomic E-state index is 0.0525. The minimum Gasteiger partial charge on any atom is -0.480 e. The van der Waals surface area contributed by atoms with Gasteiger partial charge in [-0.25, -0.2) is 4.79 Å². The molecule has 110 valence electrons. The van der Waals surface area contributed by atoms with Crippen LogP contribution in [0, 0.1) is 6.92 Å². The molecule has 1 atom stereocenters. The Morgan fingerprint density at radius 2 is 2.20 bits per heavy atom. The van der Waals surface area contributed by atoms with Gasteiger partial charge in [0.15, 0.2) is 6.04 Å². The monoisotopic (exact) mass is 361 g/mol. The van der Waals surface area contributed by atoms with Gasteiger partial charge in [-0.15, -0.1) is 11.8 Å². The molecule has 20 heavy (non-hydrogen) atoms. The molecule has 7 heteroatoms. The largest absolute Gasteiger partial charge is 0.480 e. The number of thioether (sulfide) groups is 1. The fraction of sp³-hybridized carbons (Fsp3) is 0.385. The predicted molar refractivity (Wildman–Crippen MR) is 81.0 cm³/mol. The van der Waals surface area contributed by atoms with E-state index in [0.717, 1.165) is 14.9 Å². The summed E-state index contributed by atoms with van der Waals surface area (Å²) in [6.45, 7) is 1.90. The molecule has 0 radical (unpaired) electrons. The van der Waals surface area contributed by atoms with Gasteiger partial charge in [-0.05, 0) is 30.7 Å². The molecule has 0 aliphatic carbocycles. The lowest BCUT2D eigenvalue weighted by molar-refractivity contribution is -0.142. The third kappa shape index (κ3) is 5.52. The highest BCUT2D eigenvalue weighted by molar-refractivity contribution is 9.10. The van der Waals surface area contributed by atoms with Gasteiger partial charge in [-0.2, -0.15) is 0 Å². The number of carboxylic acids is 1. The van der Waals surface area contributed by atoms with E-state index >= 15 is 0 Å². The molecular formula is C13H16BrNO4S. The average Bonchev–Trinajstić information content (AvgIpc) is 2.37. The van der Waals surface area contributed by atoms with Gasteiger partial charge in [0.25, 0.3) is 0 Å². The Morgan fingerprint density at radius 3 is 2.75 bits per heavy atom. The topological polar surface area (TPSA) is 75.6 Å². The van der Waals surface area contributed by atoms with Crippen molar-refractivity contribution in [2.24, 2.45) is 0 Å². The van der Waals surface area contributed by atoms with Crippen molar-refractivity contribution in [2.45, 2.75) is 17.9 Å². The van der Waals surface area contributed by atoms with Crippen molar-refractivity contribution in [3.63, 3.8) is 0 Å². The summed E-state index contributed by atoms with van der Waals surface area (Å²) in [6, 6.07) is 4.77. The lowest BCUT2D eigenvalue weighted by atomic mass is 10.2. The molecular weight excluding hydrogens is 346 g/mol. The molecule has 0 saturated heterocycles. The normalized spacial score (nSPS) is 11.9. The summed E-state index contributed by atoms with van der Waals surface area (Å²) in [4.78, 5) is 23.6. The Labute approximate surface area is 130 Å². The number of aryl methyl sites for hydroxylation is 1. The summed E-state index contributed by atoms with van der Waals surface area (Å²) >= 11 is 4.74. The summed E-state index contributed by atoms with van der Waals surface area (Å²) in [5.41, 5.74) is 1.06. The minimum atomic E-state index is -1.11. The molecule has 0 aliphatic heterocycles. The van der Waals surface area contributed by atoms with Crippen LogP contribution < -0.4 is 5.32 Å². The van der Waals surface area contributed by atoms with Crippen LogP contribution in [-0.2, 0) is 14.3 Å². The Bertz CT molecular complexity index is 495. The van der Waals surface area contributed by atoms with Crippen molar-refractivity contribution < 1.29 is 19.4 Å². The van der Waals surface area contributed by atoms with Crippen LogP contribution in [0.1, 0.15) is 5.56 Å². The molecule has 0 aliphatic rings. The fourth-order valence-corrected chi connectivity index (χ4v) is 2.79. The van der Waals surface area contributed by atoms with Crippen molar-refractivity contribution in [3.8, 4) is 0 Å². The van der Waals surface area contributed by atoms with E-state index in [2.05, 4.69) is 21.2 Å². The summed E-state index contributed by atoms with van der Waals surface area (Å²) < 4.78 is 5.73. The lowest BCUT2D eigenvalue weighted by Gasteiger charge is -2.13. The number of rotatable bonds is 7. The van der Waals surface area contributed by atoms with Crippen molar-refractivity contribution in [1.82, 2.24) is 5.32 Å². The molecule has 1 aromatic carbocycles. The number of ether oxygens (including phenoxy) is 1. The van der Waals surface area contributed by atoms with Crippen molar-refractivity contribution in [1.29, 1.82) is 0 Å². The predicted octanol–water partition coefficient (Wildman–Crippen LogP) is 2.07. The van der Waals surface area contributed by atoms with Crippen molar-refractivity contribution in [2.75, 3.05) is 19.5 Å². The van der Waals surface area contributed by atoms with Crippen LogP contribution in [0.25, 0.3) is 0 Å². The molecule has 0 fully saturated rings. The first-order chi connectivity index (χ1) is 9.43. The molecule has 0 spiro atoms. The maximum Gasteiger partial charge on any atom is 0.328 e. The molecule has 0 aromatic heterocycles. The van der Waals surface area contributed by atoms with Crippen LogP contribution in [0.3, 0.4) is 0 Å². The number of aliphatic carboxylic acids is 1. The quantitative estimate of drug-likeness (QED) is 0.727. The number of benzene rings is 1. The molecule has 1 aromatic rings. The van der Waals surface area contributed by atoms with Crippen molar-refractivity contribution in [3.05, 3.63) is 28.2 Å². The third-order valence-corrected chi connectivity index (χ3v) is 4.13. The molecule has 2 N–H and O–H groups in total. The van der Waals surface area contributed by atoms with E-state index in [9.17, 15) is 9.59 Å². The van der Waals surface area contributed by atoms with Crippen molar-refractivity contribution >= 4 is 39.6 Å². The number of carbonyl (C=O) groups is 2. The summed E-state index contributed by atoms with van der Waals surface area (Å²) in [5.74, 6) is -1.28. The Kier molecular flexibility index (Phi) is 7.04. The molecule has 1 rings (SSSR count). The third-order valence-electron chi connectivity index (χ3n) is 2.46. The van der Waals surface area contributed by atoms with Crippen LogP contribution in [0.15, 0.2) is 27.6 Å². The standard InChI is InChI=1S/C13H16BrNO4S/c1-8-5-9(14)3-4-11(8)20-7-12(16)15-10(6-19-2)13(17)18/h3-5,10H,6-7H2,1-2H3,(H,15,16)(H,17,18). The van der Waals surface area contributed by atoms with Crippen LogP contribution in [0.2, 0.25) is 0 Å². The van der Waals surface area contributed by atoms with Gasteiger partial charge in [0.05, 0.1) is 12.4 Å². The molecule has 0 saturated carbocycles. The van der Waals surface area contributed by atoms with E-state index in [1.165, 1.54) is 18.9 Å². The number of carbonyl (C=O) groups excluding carboxylic acids is 1. The summed E-state index contributed by atoms with van der Waals surface area (Å²) in [7, 11) is 1.39. The maximum atomic E-state index is 11.7. The molecule has 1 amide bonds. The number of hydrogen-bond acceptors (Lipinski definition) is 4. The Balaban J connectivity index is 2.52. The second-order valence-electron chi connectivity index (χ2n) is 4.11. The number of methoxy groups -OCH3 is 1. The van der Waals surface area contributed by atoms with E-state index in [4.69, 9.17) is 9.84 Å². The zero-order valence-corrected chi connectivity index (χ0v) is 13.6. The fourth-order valence-electron chi connectivity index (χ4n) is 1.50. The highest BCUT2D eigenvalue weighted by Crippen LogP contribution is 2.25. The maximum absolute atomic E-state index is 11.7. The molecule has 0 bridgehead atoms. The van der Waals surface area contributed by atoms with Crippen LogP contribution in [-0.4, -0.2) is 42.5 Å². The summed E-state index contributed by atoms with van der Waals surface area (Å²) in [5, 5.41) is 11.3. The average molecular weight is 362 g/mol. The highest BCUT2D eigenvalue weighted by atomic mass is 79.9. The zero-order valence-electron chi connectivity index (χ0n) is 11.2. The Morgan fingerprint density at radius 1 is 1.50 bits per heavy atom. The zero-order chi connectivity index (χ0) is 15.1. The number of amides is 1. The first kappa shape index (κ1) is 17.0. The summed E-state index contributed by atoms with van der Waals surface area (Å²) in [6.07, 6.45) is 0. The van der Waals surface area contributed by atoms with E-state index < -0.39 is 12.0 Å². The number of halogens is 1. The van der Waals surface area contributed by atoms with Gasteiger partial charge in [0.2, 0.25) is 5.91 Å². The van der Waals surface area contributed by atoms with E-state index in [1.807, 2.05) is 25.1 Å². The molecule has 0 heterocycles. The van der Waals surface area contributed by atoms with Gasteiger partial charge in [0, 0.05) is 16.5 Å². The number of nitrogens with one attached hydrogen (secondary N) is 1. The van der Waals surface area contributed by atoms with Crippen LogP contribution >= 0.6 is 27.7 Å². The first-order valence-corrected chi connectivity index (χ1v) is 7.62. The van der Waals surface area contributed by atoms with Crippen LogP contribution in [0.4, 0.5) is 0 Å². The number of carboxylic acid groups (broad SMARTS) is 1.